The number of rotatable bonds is 3. The molecule has 0 bridgehead atoms. The van der Waals surface area contributed by atoms with Crippen molar-refractivity contribution in [3.8, 4) is 0 Å². The van der Waals surface area contributed by atoms with E-state index in [-0.39, 0.29) is 0 Å². The van der Waals surface area contributed by atoms with Gasteiger partial charge in [0.05, 0.1) is 0 Å². The van der Waals surface area contributed by atoms with E-state index in [0.717, 1.165) is 23.8 Å². The Morgan fingerprint density at radius 3 is 2.67 bits per heavy atom. The van der Waals surface area contributed by atoms with Gasteiger partial charge in [0.1, 0.15) is 0 Å². The summed E-state index contributed by atoms with van der Waals surface area (Å²) >= 11 is -0.704. The SMILES string of the molecule is C[C](C)(C)[Sn][c]1cnc2ncn(CC3CCCCC3)c2n1. The molecule has 0 aromatic carbocycles. The van der Waals surface area contributed by atoms with Crippen molar-refractivity contribution in [3.05, 3.63) is 12.5 Å². The third-order valence-corrected chi connectivity index (χ3v) is 7.57. The van der Waals surface area contributed by atoms with Crippen LogP contribution >= 0.6 is 0 Å². The Balaban J connectivity index is 1.83. The second-order valence-corrected chi connectivity index (χ2v) is 13.6. The summed E-state index contributed by atoms with van der Waals surface area (Å²) in [6.07, 6.45) is 10.8. The second kappa shape index (κ2) is 6.23. The minimum absolute atomic E-state index is 0.403. The molecule has 0 saturated heterocycles. The molecule has 0 aliphatic heterocycles. The molecular formula is C16H24N4Sn. The van der Waals surface area contributed by atoms with E-state index >= 15 is 0 Å². The van der Waals surface area contributed by atoms with Crippen molar-refractivity contribution in [2.75, 3.05) is 0 Å². The molecule has 1 aliphatic carbocycles. The molecule has 4 nitrogen and oxygen atoms in total. The zero-order valence-corrected chi connectivity index (χ0v) is 16.1. The van der Waals surface area contributed by atoms with Crippen molar-refractivity contribution in [1.82, 2.24) is 19.5 Å². The van der Waals surface area contributed by atoms with Gasteiger partial charge >= 0.3 is 137 Å². The van der Waals surface area contributed by atoms with E-state index in [4.69, 9.17) is 4.98 Å². The molecule has 2 radical (unpaired) electrons. The number of nitrogens with zero attached hydrogens (tertiary/aromatic N) is 4. The van der Waals surface area contributed by atoms with Gasteiger partial charge in [-0.15, -0.1) is 0 Å². The fourth-order valence-electron chi connectivity index (χ4n) is 3.06. The van der Waals surface area contributed by atoms with E-state index in [1.54, 1.807) is 0 Å². The molecule has 1 aliphatic rings. The molecule has 21 heavy (non-hydrogen) atoms. The fourth-order valence-corrected chi connectivity index (χ4v) is 6.09. The molecule has 2 heterocycles. The van der Waals surface area contributed by atoms with Crippen LogP contribution in [0.2, 0.25) is 3.43 Å². The first-order chi connectivity index (χ1) is 10.0. The molecule has 0 N–H and O–H groups in total. The first kappa shape index (κ1) is 15.3. The quantitative estimate of drug-likeness (QED) is 0.756. The van der Waals surface area contributed by atoms with Crippen molar-refractivity contribution < 1.29 is 0 Å². The fraction of sp³-hybridized carbons (Fsp3) is 0.688. The maximum atomic E-state index is 4.90. The van der Waals surface area contributed by atoms with Crippen LogP contribution in [0.1, 0.15) is 52.9 Å². The van der Waals surface area contributed by atoms with Gasteiger partial charge in [-0.05, 0) is 0 Å². The van der Waals surface area contributed by atoms with E-state index in [9.17, 15) is 0 Å². The molecule has 2 aromatic rings. The van der Waals surface area contributed by atoms with E-state index < -0.39 is 21.1 Å². The number of hydrogen-bond acceptors (Lipinski definition) is 3. The summed E-state index contributed by atoms with van der Waals surface area (Å²) in [5.74, 6) is 0.796. The number of hydrogen-bond donors (Lipinski definition) is 0. The number of aromatic nitrogens is 4. The van der Waals surface area contributed by atoms with Crippen LogP contribution in [0.25, 0.3) is 11.3 Å². The van der Waals surface area contributed by atoms with Crippen molar-refractivity contribution in [1.29, 1.82) is 0 Å². The minimum atomic E-state index is -0.704. The summed E-state index contributed by atoms with van der Waals surface area (Å²) in [7, 11) is 0. The van der Waals surface area contributed by atoms with Gasteiger partial charge < -0.3 is 0 Å². The predicted octanol–water partition coefficient (Wildman–Crippen LogP) is 2.95. The Bertz CT molecular complexity index is 608. The van der Waals surface area contributed by atoms with Gasteiger partial charge in [-0.2, -0.15) is 0 Å². The summed E-state index contributed by atoms with van der Waals surface area (Å²) in [6, 6.07) is 0. The van der Waals surface area contributed by atoms with Crippen LogP contribution in [-0.4, -0.2) is 40.7 Å². The summed E-state index contributed by atoms with van der Waals surface area (Å²) in [6.45, 7) is 7.99. The average molecular weight is 391 g/mol. The molecule has 0 spiro atoms. The van der Waals surface area contributed by atoms with Crippen LogP contribution in [0.4, 0.5) is 0 Å². The zero-order chi connectivity index (χ0) is 14.9. The average Bonchev–Trinajstić information content (AvgIpc) is 2.81. The Morgan fingerprint density at radius 1 is 1.19 bits per heavy atom. The van der Waals surface area contributed by atoms with Crippen molar-refractivity contribution >= 4 is 36.1 Å². The standard InChI is InChI=1S/C12H15N4.C4H9.Sn/c1-2-4-10(5-3-1)8-16-9-15-11-12(16)14-7-6-13-11;1-4(2)3;/h6,9-10H,1-5,8H2;1-3H3;. The van der Waals surface area contributed by atoms with Gasteiger partial charge in [0.25, 0.3) is 0 Å². The van der Waals surface area contributed by atoms with Gasteiger partial charge in [-0.25, -0.2) is 0 Å². The van der Waals surface area contributed by atoms with Crippen LogP contribution < -0.4 is 3.71 Å². The Kier molecular flexibility index (Phi) is 4.52. The summed E-state index contributed by atoms with van der Waals surface area (Å²) in [5, 5.41) is 0. The van der Waals surface area contributed by atoms with E-state index in [1.165, 1.54) is 35.8 Å². The van der Waals surface area contributed by atoms with Gasteiger partial charge in [0.2, 0.25) is 0 Å². The second-order valence-electron chi connectivity index (χ2n) is 7.18. The van der Waals surface area contributed by atoms with E-state index in [2.05, 4.69) is 35.3 Å². The third-order valence-electron chi connectivity index (χ3n) is 4.01. The van der Waals surface area contributed by atoms with Gasteiger partial charge in [-0.1, -0.05) is 0 Å². The third kappa shape index (κ3) is 3.96. The Hall–Kier alpha value is -0.651. The Labute approximate surface area is 137 Å². The van der Waals surface area contributed by atoms with Gasteiger partial charge in [0.15, 0.2) is 0 Å². The molecule has 0 unspecified atom stereocenters. The molecular weight excluding hydrogens is 367 g/mol. The summed E-state index contributed by atoms with van der Waals surface area (Å²) < 4.78 is 3.88. The maximum absolute atomic E-state index is 4.90. The summed E-state index contributed by atoms with van der Waals surface area (Å²) in [4.78, 5) is 13.9. The van der Waals surface area contributed by atoms with Crippen LogP contribution in [0.5, 0.6) is 0 Å². The van der Waals surface area contributed by atoms with Crippen LogP contribution in [-0.2, 0) is 6.54 Å². The molecule has 0 amide bonds. The topological polar surface area (TPSA) is 43.6 Å². The zero-order valence-electron chi connectivity index (χ0n) is 13.3. The predicted molar refractivity (Wildman–Crippen MR) is 87.0 cm³/mol. The van der Waals surface area contributed by atoms with Gasteiger partial charge in [-0.3, -0.25) is 0 Å². The Morgan fingerprint density at radius 2 is 1.95 bits per heavy atom. The molecule has 1 fully saturated rings. The first-order valence-electron chi connectivity index (χ1n) is 7.97. The monoisotopic (exact) mass is 392 g/mol. The van der Waals surface area contributed by atoms with E-state index in [1.807, 2.05) is 12.5 Å². The molecule has 112 valence electrons. The molecule has 5 heteroatoms. The molecule has 2 aromatic heterocycles. The molecule has 3 rings (SSSR count). The normalized spacial score (nSPS) is 17.5. The van der Waals surface area contributed by atoms with Crippen molar-refractivity contribution in [2.24, 2.45) is 5.92 Å². The number of fused-ring (bicyclic) bond motifs is 1. The first-order valence-corrected chi connectivity index (χ1v) is 10.8. The van der Waals surface area contributed by atoms with Gasteiger partial charge in [0, 0.05) is 0 Å². The van der Waals surface area contributed by atoms with Crippen LogP contribution in [0, 0.1) is 5.92 Å². The molecule has 1 saturated carbocycles. The van der Waals surface area contributed by atoms with Crippen LogP contribution in [0.15, 0.2) is 12.5 Å². The van der Waals surface area contributed by atoms with E-state index in [0.29, 0.717) is 3.43 Å². The van der Waals surface area contributed by atoms with Crippen LogP contribution in [0.3, 0.4) is 0 Å². The summed E-state index contributed by atoms with van der Waals surface area (Å²) in [5.41, 5.74) is 1.81. The van der Waals surface area contributed by atoms with Crippen molar-refractivity contribution in [3.63, 3.8) is 0 Å². The molecule has 0 atom stereocenters. The number of imidazole rings is 1. The van der Waals surface area contributed by atoms with Crippen molar-refractivity contribution in [2.45, 2.75) is 62.9 Å².